The fraction of sp³-hybridized carbons (Fsp3) is 0.227. The zero-order valence-electron chi connectivity index (χ0n) is 17.2. The number of benzene rings is 2. The number of hydrogen-bond acceptors (Lipinski definition) is 7. The van der Waals surface area contributed by atoms with Crippen LogP contribution in [0.5, 0.6) is 17.2 Å². The second kappa shape index (κ2) is 7.59. The van der Waals surface area contributed by atoms with Crippen molar-refractivity contribution in [3.05, 3.63) is 53.7 Å². The van der Waals surface area contributed by atoms with Crippen molar-refractivity contribution in [2.24, 2.45) is 0 Å². The van der Waals surface area contributed by atoms with Crippen LogP contribution in [0.2, 0.25) is 0 Å². The van der Waals surface area contributed by atoms with Gasteiger partial charge >= 0.3 is 0 Å². The van der Waals surface area contributed by atoms with Crippen molar-refractivity contribution in [2.75, 3.05) is 26.6 Å². The number of hydrogen-bond donors (Lipinski definition) is 1. The lowest BCUT2D eigenvalue weighted by molar-refractivity contribution is -0.116. The lowest BCUT2D eigenvalue weighted by Gasteiger charge is -2.24. The van der Waals surface area contributed by atoms with Gasteiger partial charge in [-0.15, -0.1) is 0 Å². The zero-order valence-corrected chi connectivity index (χ0v) is 18.0. The number of amides is 1. The summed E-state index contributed by atoms with van der Waals surface area (Å²) in [6.07, 6.45) is 2.12. The maximum atomic E-state index is 12.6. The predicted molar refractivity (Wildman–Crippen MR) is 118 cm³/mol. The van der Waals surface area contributed by atoms with Crippen LogP contribution >= 0.6 is 11.3 Å². The molecule has 0 saturated carbocycles. The summed E-state index contributed by atoms with van der Waals surface area (Å²) in [5.41, 5.74) is 2.75. The Bertz CT molecular complexity index is 1300. The first-order valence-electron chi connectivity index (χ1n) is 9.66. The van der Waals surface area contributed by atoms with E-state index in [2.05, 4.69) is 15.4 Å². The number of nitrogens with one attached hydrogen (secondary N) is 1. The Morgan fingerprint density at radius 2 is 1.90 bits per heavy atom. The molecule has 2 aromatic carbocycles. The van der Waals surface area contributed by atoms with Crippen molar-refractivity contribution < 1.29 is 19.0 Å². The van der Waals surface area contributed by atoms with E-state index in [9.17, 15) is 4.79 Å². The molecule has 31 heavy (non-hydrogen) atoms. The highest BCUT2D eigenvalue weighted by atomic mass is 32.1. The maximum absolute atomic E-state index is 12.6. The molecule has 1 aliphatic heterocycles. The standard InChI is InChI=1S/C22H20N4O4S/c1-28-13-5-6-16-19(9-13)31-22(24-16)26-21-15(11-23-26)14(10-20(27)25-21)12-4-7-17(29-2)18(8-12)30-3/h4-9,11,14H,10H2,1-3H3,(H,25,27)/t14-/m0/s1. The Morgan fingerprint density at radius 3 is 2.68 bits per heavy atom. The maximum Gasteiger partial charge on any atom is 0.226 e. The molecule has 0 bridgehead atoms. The molecule has 158 valence electrons. The van der Waals surface area contributed by atoms with Gasteiger partial charge in [0, 0.05) is 17.9 Å². The van der Waals surface area contributed by atoms with E-state index >= 15 is 0 Å². The molecule has 3 heterocycles. The molecule has 1 amide bonds. The van der Waals surface area contributed by atoms with Crippen LogP contribution in [0.4, 0.5) is 5.82 Å². The van der Waals surface area contributed by atoms with Crippen LogP contribution in [-0.4, -0.2) is 42.0 Å². The zero-order chi connectivity index (χ0) is 21.5. The van der Waals surface area contributed by atoms with Gasteiger partial charge in [0.25, 0.3) is 0 Å². The smallest absolute Gasteiger partial charge is 0.226 e. The average molecular weight is 436 g/mol. The van der Waals surface area contributed by atoms with E-state index in [-0.39, 0.29) is 11.8 Å². The number of thiazole rings is 1. The molecule has 9 heteroatoms. The van der Waals surface area contributed by atoms with Crippen LogP contribution in [0.3, 0.4) is 0 Å². The second-order valence-electron chi connectivity index (χ2n) is 7.11. The molecule has 4 aromatic rings. The van der Waals surface area contributed by atoms with Crippen molar-refractivity contribution in [2.45, 2.75) is 12.3 Å². The van der Waals surface area contributed by atoms with E-state index in [4.69, 9.17) is 14.2 Å². The molecule has 8 nitrogen and oxygen atoms in total. The minimum atomic E-state index is -0.147. The van der Waals surface area contributed by atoms with Gasteiger partial charge in [-0.25, -0.2) is 4.98 Å². The summed E-state index contributed by atoms with van der Waals surface area (Å²) >= 11 is 1.49. The van der Waals surface area contributed by atoms with Crippen LogP contribution in [0, 0.1) is 0 Å². The highest BCUT2D eigenvalue weighted by molar-refractivity contribution is 7.20. The number of ether oxygens (including phenoxy) is 3. The number of nitrogens with zero attached hydrogens (tertiary/aromatic N) is 3. The number of fused-ring (bicyclic) bond motifs is 2. The van der Waals surface area contributed by atoms with Gasteiger partial charge in [-0.3, -0.25) is 4.79 Å². The van der Waals surface area contributed by atoms with Gasteiger partial charge in [0.05, 0.1) is 37.7 Å². The predicted octanol–water partition coefficient (Wildman–Crippen LogP) is 3.98. The van der Waals surface area contributed by atoms with Gasteiger partial charge in [-0.1, -0.05) is 17.4 Å². The molecular weight excluding hydrogens is 416 g/mol. The second-order valence-corrected chi connectivity index (χ2v) is 8.12. The van der Waals surface area contributed by atoms with Crippen LogP contribution in [0.1, 0.15) is 23.5 Å². The van der Waals surface area contributed by atoms with Crippen LogP contribution in [0.15, 0.2) is 42.6 Å². The first kappa shape index (κ1) is 19.4. The van der Waals surface area contributed by atoms with Crippen molar-refractivity contribution in [1.82, 2.24) is 14.8 Å². The minimum Gasteiger partial charge on any atom is -0.497 e. The summed E-state index contributed by atoms with van der Waals surface area (Å²) in [5, 5.41) is 8.21. The first-order valence-corrected chi connectivity index (χ1v) is 10.5. The molecule has 0 unspecified atom stereocenters. The highest BCUT2D eigenvalue weighted by Gasteiger charge is 2.31. The van der Waals surface area contributed by atoms with E-state index in [0.29, 0.717) is 28.9 Å². The van der Waals surface area contributed by atoms with Crippen molar-refractivity contribution >= 4 is 33.3 Å². The summed E-state index contributed by atoms with van der Waals surface area (Å²) in [4.78, 5) is 17.3. The van der Waals surface area contributed by atoms with Gasteiger partial charge in [0.1, 0.15) is 11.6 Å². The lowest BCUT2D eigenvalue weighted by atomic mass is 9.87. The average Bonchev–Trinajstić information content (AvgIpc) is 3.41. The Morgan fingerprint density at radius 1 is 1.06 bits per heavy atom. The summed E-state index contributed by atoms with van der Waals surface area (Å²) < 4.78 is 18.8. The molecule has 5 rings (SSSR count). The number of carbonyl (C=O) groups excluding carboxylic acids is 1. The quantitative estimate of drug-likeness (QED) is 0.509. The highest BCUT2D eigenvalue weighted by Crippen LogP contribution is 2.41. The van der Waals surface area contributed by atoms with E-state index in [1.165, 1.54) is 11.3 Å². The Kier molecular flexibility index (Phi) is 4.74. The van der Waals surface area contributed by atoms with E-state index in [1.54, 1.807) is 32.2 Å². The summed E-state index contributed by atoms with van der Waals surface area (Å²) in [6, 6.07) is 11.4. The molecule has 0 radical (unpaired) electrons. The SMILES string of the molecule is COc1ccc2nc(-n3ncc4c3NC(=O)C[C@H]4c3ccc(OC)c(OC)c3)sc2c1. The van der Waals surface area contributed by atoms with Gasteiger partial charge in [0.2, 0.25) is 11.0 Å². The van der Waals surface area contributed by atoms with E-state index in [0.717, 1.165) is 27.1 Å². The third kappa shape index (κ3) is 3.27. The largest absolute Gasteiger partial charge is 0.497 e. The molecular formula is C22H20N4O4S. The fourth-order valence-corrected chi connectivity index (χ4v) is 4.80. The topological polar surface area (TPSA) is 87.5 Å². The number of aromatic nitrogens is 3. The summed E-state index contributed by atoms with van der Waals surface area (Å²) in [5.74, 6) is 2.46. The third-order valence-electron chi connectivity index (χ3n) is 5.40. The molecule has 0 spiro atoms. The van der Waals surface area contributed by atoms with E-state index < -0.39 is 0 Å². The third-order valence-corrected chi connectivity index (χ3v) is 6.39. The van der Waals surface area contributed by atoms with Crippen LogP contribution in [-0.2, 0) is 4.79 Å². The normalized spacial score (nSPS) is 15.5. The number of rotatable bonds is 5. The Balaban J connectivity index is 1.58. The van der Waals surface area contributed by atoms with Gasteiger partial charge in [0.15, 0.2) is 11.5 Å². The summed E-state index contributed by atoms with van der Waals surface area (Å²) in [7, 11) is 4.83. The lowest BCUT2D eigenvalue weighted by Crippen LogP contribution is -2.24. The van der Waals surface area contributed by atoms with Crippen molar-refractivity contribution in [3.8, 4) is 22.4 Å². The van der Waals surface area contributed by atoms with Crippen molar-refractivity contribution in [3.63, 3.8) is 0 Å². The number of carbonyl (C=O) groups is 1. The Hall–Kier alpha value is -3.59. The van der Waals surface area contributed by atoms with Crippen LogP contribution < -0.4 is 19.5 Å². The molecule has 0 aliphatic carbocycles. The Labute approximate surface area is 182 Å². The molecule has 2 aromatic heterocycles. The van der Waals surface area contributed by atoms with E-state index in [1.807, 2.05) is 36.4 Å². The first-order chi connectivity index (χ1) is 15.1. The van der Waals surface area contributed by atoms with Gasteiger partial charge < -0.3 is 19.5 Å². The summed E-state index contributed by atoms with van der Waals surface area (Å²) in [6.45, 7) is 0. The fourth-order valence-electron chi connectivity index (χ4n) is 3.84. The van der Waals surface area contributed by atoms with Crippen molar-refractivity contribution in [1.29, 1.82) is 0 Å². The minimum absolute atomic E-state index is 0.0724. The van der Waals surface area contributed by atoms with Gasteiger partial charge in [-0.2, -0.15) is 9.78 Å². The number of anilines is 1. The molecule has 1 N–H and O–H groups in total. The molecule has 1 aliphatic rings. The molecule has 0 saturated heterocycles. The molecule has 0 fully saturated rings. The monoisotopic (exact) mass is 436 g/mol. The van der Waals surface area contributed by atoms with Gasteiger partial charge in [-0.05, 0) is 35.9 Å². The number of methoxy groups -OCH3 is 3. The molecule has 1 atom stereocenters. The van der Waals surface area contributed by atoms with Crippen LogP contribution in [0.25, 0.3) is 15.3 Å².